The molecule has 0 unspecified atom stereocenters. The normalized spacial score (nSPS) is 36.5. The molecule has 1 aliphatic heterocycles. The average Bonchev–Trinajstić information content (AvgIpc) is 2.36. The zero-order valence-corrected chi connectivity index (χ0v) is 11.8. The maximum Gasteiger partial charge on any atom is 0.0604 e. The maximum atomic E-state index is 5.73. The molecular weight excluding hydrogens is 224 g/mol. The molecule has 0 amide bonds. The number of hydrogen-bond acceptors (Lipinski definition) is 3. The van der Waals surface area contributed by atoms with E-state index in [2.05, 4.69) is 17.1 Å². The van der Waals surface area contributed by atoms with Gasteiger partial charge in [-0.2, -0.15) is 0 Å². The number of ether oxygens (including phenoxy) is 1. The molecule has 3 fully saturated rings. The van der Waals surface area contributed by atoms with Gasteiger partial charge in [-0.05, 0) is 32.6 Å². The molecule has 3 heteroatoms. The van der Waals surface area contributed by atoms with E-state index in [1.807, 2.05) is 0 Å². The molecule has 18 heavy (non-hydrogen) atoms. The van der Waals surface area contributed by atoms with Gasteiger partial charge in [0.25, 0.3) is 0 Å². The highest BCUT2D eigenvalue weighted by Gasteiger charge is 2.46. The summed E-state index contributed by atoms with van der Waals surface area (Å²) in [5.41, 5.74) is 0.498. The summed E-state index contributed by atoms with van der Waals surface area (Å²) in [5.74, 6) is 0. The Labute approximate surface area is 111 Å². The number of rotatable bonds is 3. The van der Waals surface area contributed by atoms with Crippen LogP contribution in [-0.2, 0) is 4.74 Å². The van der Waals surface area contributed by atoms with Crippen molar-refractivity contribution < 1.29 is 4.74 Å². The fourth-order valence-corrected chi connectivity index (χ4v) is 4.27. The summed E-state index contributed by atoms with van der Waals surface area (Å²) in [6.07, 6.45) is 10.2. The van der Waals surface area contributed by atoms with E-state index >= 15 is 0 Å². The number of hydrogen-bond donors (Lipinski definition) is 1. The predicted octanol–water partition coefficient (Wildman–Crippen LogP) is 2.16. The van der Waals surface area contributed by atoms with Crippen LogP contribution in [0.25, 0.3) is 0 Å². The molecular formula is C15H28N2O. The second-order valence-corrected chi connectivity index (χ2v) is 6.36. The van der Waals surface area contributed by atoms with Crippen LogP contribution in [0.5, 0.6) is 0 Å². The minimum absolute atomic E-state index is 0.498. The molecule has 0 aromatic rings. The first kappa shape index (κ1) is 12.9. The van der Waals surface area contributed by atoms with Gasteiger partial charge in [0.2, 0.25) is 0 Å². The predicted molar refractivity (Wildman–Crippen MR) is 73.8 cm³/mol. The van der Waals surface area contributed by atoms with Crippen LogP contribution < -0.4 is 5.32 Å². The van der Waals surface area contributed by atoms with Crippen molar-refractivity contribution in [2.75, 3.05) is 26.2 Å². The van der Waals surface area contributed by atoms with Crippen LogP contribution in [0.2, 0.25) is 0 Å². The van der Waals surface area contributed by atoms with Crippen LogP contribution >= 0.6 is 0 Å². The molecule has 0 bridgehead atoms. The van der Waals surface area contributed by atoms with Crippen LogP contribution in [0.15, 0.2) is 0 Å². The molecule has 1 spiro atoms. The maximum absolute atomic E-state index is 5.73. The van der Waals surface area contributed by atoms with Gasteiger partial charge >= 0.3 is 0 Å². The second-order valence-electron chi connectivity index (χ2n) is 6.36. The van der Waals surface area contributed by atoms with Gasteiger partial charge in [-0.25, -0.2) is 0 Å². The molecule has 0 aromatic heterocycles. The largest absolute Gasteiger partial charge is 0.378 e. The summed E-state index contributed by atoms with van der Waals surface area (Å²) in [6.45, 7) is 6.65. The van der Waals surface area contributed by atoms with Gasteiger partial charge in [0.05, 0.1) is 6.10 Å². The molecule has 0 aromatic carbocycles. The first-order valence-corrected chi connectivity index (χ1v) is 7.93. The highest BCUT2D eigenvalue weighted by molar-refractivity contribution is 5.03. The lowest BCUT2D eigenvalue weighted by molar-refractivity contribution is -0.0957. The van der Waals surface area contributed by atoms with Crippen molar-refractivity contribution in [2.45, 2.75) is 69.6 Å². The van der Waals surface area contributed by atoms with Crippen molar-refractivity contribution in [1.29, 1.82) is 0 Å². The Morgan fingerprint density at radius 2 is 2.00 bits per heavy atom. The number of nitrogens with one attached hydrogen (secondary N) is 1. The zero-order valence-electron chi connectivity index (χ0n) is 11.8. The lowest BCUT2D eigenvalue weighted by Crippen LogP contribution is -2.67. The summed E-state index contributed by atoms with van der Waals surface area (Å²) in [6, 6.07) is 0.807. The molecule has 1 N–H and O–H groups in total. The van der Waals surface area contributed by atoms with E-state index in [-0.39, 0.29) is 0 Å². The Kier molecular flexibility index (Phi) is 3.92. The van der Waals surface area contributed by atoms with Crippen molar-refractivity contribution in [1.82, 2.24) is 10.2 Å². The Morgan fingerprint density at radius 3 is 2.72 bits per heavy atom. The minimum atomic E-state index is 0.498. The Morgan fingerprint density at radius 1 is 1.22 bits per heavy atom. The van der Waals surface area contributed by atoms with Gasteiger partial charge in [0, 0.05) is 37.8 Å². The van der Waals surface area contributed by atoms with E-state index in [4.69, 9.17) is 4.74 Å². The molecule has 0 radical (unpaired) electrons. The SMILES string of the molecule is CCOC1CC(N2CCNCC23CCCCC3)C1. The third kappa shape index (κ3) is 2.33. The highest BCUT2D eigenvalue weighted by Crippen LogP contribution is 2.40. The van der Waals surface area contributed by atoms with E-state index < -0.39 is 0 Å². The lowest BCUT2D eigenvalue weighted by Gasteiger charge is -2.56. The van der Waals surface area contributed by atoms with Crippen molar-refractivity contribution in [3.63, 3.8) is 0 Å². The second kappa shape index (κ2) is 5.48. The van der Waals surface area contributed by atoms with E-state index in [9.17, 15) is 0 Å². The zero-order chi connectivity index (χ0) is 12.4. The summed E-state index contributed by atoms with van der Waals surface area (Å²) < 4.78 is 5.73. The van der Waals surface area contributed by atoms with E-state index in [1.54, 1.807) is 0 Å². The fourth-order valence-electron chi connectivity index (χ4n) is 4.27. The quantitative estimate of drug-likeness (QED) is 0.833. The molecule has 104 valence electrons. The summed E-state index contributed by atoms with van der Waals surface area (Å²) >= 11 is 0. The van der Waals surface area contributed by atoms with Gasteiger partial charge in [-0.1, -0.05) is 19.3 Å². The molecule has 2 saturated carbocycles. The van der Waals surface area contributed by atoms with Crippen LogP contribution in [0.1, 0.15) is 51.9 Å². The number of nitrogens with zero attached hydrogens (tertiary/aromatic N) is 1. The fraction of sp³-hybridized carbons (Fsp3) is 1.00. The van der Waals surface area contributed by atoms with Crippen molar-refractivity contribution in [2.24, 2.45) is 0 Å². The average molecular weight is 252 g/mol. The molecule has 3 nitrogen and oxygen atoms in total. The smallest absolute Gasteiger partial charge is 0.0604 e. The number of piperazine rings is 1. The highest BCUT2D eigenvalue weighted by atomic mass is 16.5. The van der Waals surface area contributed by atoms with E-state index in [0.29, 0.717) is 11.6 Å². The van der Waals surface area contributed by atoms with Gasteiger partial charge in [0.1, 0.15) is 0 Å². The third-order valence-electron chi connectivity index (χ3n) is 5.29. The summed E-state index contributed by atoms with van der Waals surface area (Å²) in [5, 5.41) is 3.64. The Hall–Kier alpha value is -0.120. The van der Waals surface area contributed by atoms with Crippen molar-refractivity contribution in [3.8, 4) is 0 Å². The van der Waals surface area contributed by atoms with Crippen molar-refractivity contribution in [3.05, 3.63) is 0 Å². The molecule has 0 atom stereocenters. The van der Waals surface area contributed by atoms with Gasteiger partial charge < -0.3 is 10.1 Å². The molecule has 2 aliphatic carbocycles. The van der Waals surface area contributed by atoms with E-state index in [0.717, 1.165) is 12.6 Å². The first-order chi connectivity index (χ1) is 8.84. The first-order valence-electron chi connectivity index (χ1n) is 7.93. The Bertz CT molecular complexity index is 261. The third-order valence-corrected chi connectivity index (χ3v) is 5.29. The van der Waals surface area contributed by atoms with Crippen LogP contribution in [0, 0.1) is 0 Å². The summed E-state index contributed by atoms with van der Waals surface area (Å²) in [4.78, 5) is 2.86. The van der Waals surface area contributed by atoms with Crippen molar-refractivity contribution >= 4 is 0 Å². The molecule has 3 aliphatic rings. The minimum Gasteiger partial charge on any atom is -0.378 e. The van der Waals surface area contributed by atoms with Gasteiger partial charge in [-0.3, -0.25) is 4.90 Å². The molecule has 3 rings (SSSR count). The lowest BCUT2D eigenvalue weighted by atomic mass is 9.75. The monoisotopic (exact) mass is 252 g/mol. The molecule has 1 heterocycles. The standard InChI is InChI=1S/C15H28N2O/c1-2-18-14-10-13(11-14)17-9-8-16-12-15(17)6-4-3-5-7-15/h13-14,16H,2-12H2,1H3. The van der Waals surface area contributed by atoms with Crippen LogP contribution in [0.3, 0.4) is 0 Å². The molecule has 1 saturated heterocycles. The Balaban J connectivity index is 1.62. The topological polar surface area (TPSA) is 24.5 Å². The van der Waals surface area contributed by atoms with Gasteiger partial charge in [0.15, 0.2) is 0 Å². The van der Waals surface area contributed by atoms with Gasteiger partial charge in [-0.15, -0.1) is 0 Å². The van der Waals surface area contributed by atoms with Crippen LogP contribution in [-0.4, -0.2) is 48.8 Å². The van der Waals surface area contributed by atoms with Crippen LogP contribution in [0.4, 0.5) is 0 Å². The summed E-state index contributed by atoms with van der Waals surface area (Å²) in [7, 11) is 0. The van der Waals surface area contributed by atoms with E-state index in [1.165, 1.54) is 64.6 Å².